The number of piperidine rings is 1. The van der Waals surface area contributed by atoms with Crippen molar-refractivity contribution >= 4 is 28.4 Å². The van der Waals surface area contributed by atoms with Crippen LogP contribution in [0.4, 0.5) is 11.5 Å². The second-order valence-corrected chi connectivity index (χ2v) is 8.54. The lowest BCUT2D eigenvalue weighted by Gasteiger charge is -2.29. The number of hydrogen-bond acceptors (Lipinski definition) is 7. The number of oxazole rings is 1. The molecule has 170 valence electrons. The maximum absolute atomic E-state index is 13.0. The SMILES string of the molecule is Cc1cc(-c2nc(CC(=O)Nc3cc4c(C)n(C)nc4nc3N3CCCCC3)co2)ccn1. The maximum atomic E-state index is 13.0. The standard InChI is InChI=1S/C24H27N7O2/c1-15-11-17(7-8-25-15)24-26-18(14-33-24)12-21(32)27-20-13-19-16(2)30(3)29-22(19)28-23(20)31-9-5-4-6-10-31/h7-8,11,13-14H,4-6,9-10,12H2,1-3H3,(H,27,32). The van der Waals surface area contributed by atoms with Crippen LogP contribution in [0, 0.1) is 13.8 Å². The summed E-state index contributed by atoms with van der Waals surface area (Å²) in [7, 11) is 1.91. The average Bonchev–Trinajstić information content (AvgIpc) is 3.38. The summed E-state index contributed by atoms with van der Waals surface area (Å²) in [5.74, 6) is 1.09. The minimum absolute atomic E-state index is 0.108. The van der Waals surface area contributed by atoms with Crippen LogP contribution in [-0.4, -0.2) is 43.7 Å². The molecule has 5 heterocycles. The summed E-state index contributed by atoms with van der Waals surface area (Å²) in [4.78, 5) is 28.7. The van der Waals surface area contributed by atoms with Crippen molar-refractivity contribution in [3.05, 3.63) is 47.7 Å². The van der Waals surface area contributed by atoms with Crippen LogP contribution < -0.4 is 10.2 Å². The van der Waals surface area contributed by atoms with Crippen LogP contribution in [0.5, 0.6) is 0 Å². The van der Waals surface area contributed by atoms with Crippen molar-refractivity contribution in [2.75, 3.05) is 23.3 Å². The molecule has 1 fully saturated rings. The smallest absolute Gasteiger partial charge is 0.230 e. The van der Waals surface area contributed by atoms with E-state index in [0.717, 1.165) is 54.1 Å². The van der Waals surface area contributed by atoms with Crippen LogP contribution >= 0.6 is 0 Å². The summed E-state index contributed by atoms with van der Waals surface area (Å²) >= 11 is 0. The van der Waals surface area contributed by atoms with E-state index < -0.39 is 0 Å². The molecule has 1 saturated heterocycles. The summed E-state index contributed by atoms with van der Waals surface area (Å²) in [5.41, 5.74) is 4.70. The molecule has 4 aromatic heterocycles. The van der Waals surface area contributed by atoms with Gasteiger partial charge in [0.15, 0.2) is 11.5 Å². The number of aromatic nitrogens is 5. The topological polar surface area (TPSA) is 102 Å². The fourth-order valence-electron chi connectivity index (χ4n) is 4.23. The van der Waals surface area contributed by atoms with Gasteiger partial charge >= 0.3 is 0 Å². The number of nitrogens with one attached hydrogen (secondary N) is 1. The van der Waals surface area contributed by atoms with Gasteiger partial charge in [0.25, 0.3) is 0 Å². The maximum Gasteiger partial charge on any atom is 0.230 e. The fourth-order valence-corrected chi connectivity index (χ4v) is 4.23. The number of hydrogen-bond donors (Lipinski definition) is 1. The summed E-state index contributed by atoms with van der Waals surface area (Å²) in [6, 6.07) is 5.73. The molecular weight excluding hydrogens is 418 g/mol. The fraction of sp³-hybridized carbons (Fsp3) is 0.375. The van der Waals surface area contributed by atoms with Gasteiger partial charge in [-0.25, -0.2) is 9.97 Å². The Morgan fingerprint density at radius 2 is 1.97 bits per heavy atom. The van der Waals surface area contributed by atoms with Crippen LogP contribution in [0.25, 0.3) is 22.5 Å². The van der Waals surface area contributed by atoms with Crippen LogP contribution in [0.2, 0.25) is 0 Å². The number of aryl methyl sites for hydroxylation is 3. The first-order chi connectivity index (χ1) is 16.0. The molecule has 9 nitrogen and oxygen atoms in total. The van der Waals surface area contributed by atoms with Gasteiger partial charge in [-0.3, -0.25) is 14.5 Å². The van der Waals surface area contributed by atoms with Crippen LogP contribution in [-0.2, 0) is 18.3 Å². The molecule has 0 radical (unpaired) electrons. The van der Waals surface area contributed by atoms with Crippen molar-refractivity contribution in [1.82, 2.24) is 24.7 Å². The quantitative estimate of drug-likeness (QED) is 0.498. The molecule has 33 heavy (non-hydrogen) atoms. The molecule has 0 aliphatic carbocycles. The van der Waals surface area contributed by atoms with Gasteiger partial charge in [-0.15, -0.1) is 0 Å². The number of fused-ring (bicyclic) bond motifs is 1. The molecule has 1 amide bonds. The minimum Gasteiger partial charge on any atom is -0.444 e. The summed E-state index contributed by atoms with van der Waals surface area (Å²) in [6.45, 7) is 5.76. The normalized spacial score (nSPS) is 14.1. The molecule has 1 aliphatic rings. The van der Waals surface area contributed by atoms with E-state index in [-0.39, 0.29) is 12.3 Å². The number of carbonyl (C=O) groups excluding carboxylic acids is 1. The van der Waals surface area contributed by atoms with Gasteiger partial charge in [-0.2, -0.15) is 5.10 Å². The van der Waals surface area contributed by atoms with E-state index in [9.17, 15) is 4.79 Å². The highest BCUT2D eigenvalue weighted by molar-refractivity contribution is 5.98. The third kappa shape index (κ3) is 4.30. The van der Waals surface area contributed by atoms with E-state index in [1.807, 2.05) is 43.8 Å². The van der Waals surface area contributed by atoms with E-state index in [4.69, 9.17) is 9.40 Å². The first-order valence-electron chi connectivity index (χ1n) is 11.2. The van der Waals surface area contributed by atoms with Crippen LogP contribution in [0.1, 0.15) is 36.3 Å². The Morgan fingerprint density at radius 1 is 1.15 bits per heavy atom. The van der Waals surface area contributed by atoms with Gasteiger partial charge in [0, 0.05) is 48.7 Å². The Bertz CT molecular complexity index is 1320. The minimum atomic E-state index is -0.165. The van der Waals surface area contributed by atoms with Crippen molar-refractivity contribution in [1.29, 1.82) is 0 Å². The van der Waals surface area contributed by atoms with Crippen molar-refractivity contribution in [2.24, 2.45) is 7.05 Å². The van der Waals surface area contributed by atoms with Crippen molar-refractivity contribution in [3.8, 4) is 11.5 Å². The van der Waals surface area contributed by atoms with Gasteiger partial charge in [0.2, 0.25) is 11.8 Å². The summed E-state index contributed by atoms with van der Waals surface area (Å²) < 4.78 is 7.42. The number of rotatable bonds is 5. The molecule has 1 aliphatic heterocycles. The lowest BCUT2D eigenvalue weighted by Crippen LogP contribution is -2.31. The lowest BCUT2D eigenvalue weighted by molar-refractivity contribution is -0.115. The molecule has 0 bridgehead atoms. The average molecular weight is 446 g/mol. The first-order valence-corrected chi connectivity index (χ1v) is 11.2. The van der Waals surface area contributed by atoms with Crippen LogP contribution in [0.15, 0.2) is 35.1 Å². The molecule has 5 rings (SSSR count). The zero-order chi connectivity index (χ0) is 22.9. The van der Waals surface area contributed by atoms with E-state index >= 15 is 0 Å². The Kier molecular flexibility index (Phi) is 5.53. The number of amides is 1. The monoisotopic (exact) mass is 445 g/mol. The van der Waals surface area contributed by atoms with Crippen LogP contribution in [0.3, 0.4) is 0 Å². The van der Waals surface area contributed by atoms with Crippen molar-refractivity contribution in [2.45, 2.75) is 39.5 Å². The highest BCUT2D eigenvalue weighted by atomic mass is 16.3. The Morgan fingerprint density at radius 3 is 2.76 bits per heavy atom. The number of carbonyl (C=O) groups is 1. The molecule has 0 spiro atoms. The Hall–Kier alpha value is -3.75. The third-order valence-corrected chi connectivity index (χ3v) is 6.07. The highest BCUT2D eigenvalue weighted by Crippen LogP contribution is 2.31. The van der Waals surface area contributed by atoms with Gasteiger partial charge in [-0.05, 0) is 51.3 Å². The molecule has 0 atom stereocenters. The molecule has 0 unspecified atom stereocenters. The first kappa shape index (κ1) is 21.1. The zero-order valence-corrected chi connectivity index (χ0v) is 19.1. The zero-order valence-electron chi connectivity index (χ0n) is 19.1. The van der Waals surface area contributed by atoms with E-state index in [0.29, 0.717) is 22.9 Å². The number of pyridine rings is 2. The molecule has 0 aromatic carbocycles. The summed E-state index contributed by atoms with van der Waals surface area (Å²) in [6.07, 6.45) is 6.80. The second kappa shape index (κ2) is 8.65. The second-order valence-electron chi connectivity index (χ2n) is 8.54. The third-order valence-electron chi connectivity index (χ3n) is 6.07. The predicted octanol–water partition coefficient (Wildman–Crippen LogP) is 3.81. The largest absolute Gasteiger partial charge is 0.444 e. The van der Waals surface area contributed by atoms with Gasteiger partial charge in [0.1, 0.15) is 6.26 Å². The Labute approximate surface area is 191 Å². The number of anilines is 2. The van der Waals surface area contributed by atoms with Gasteiger partial charge in [0.05, 0.1) is 17.8 Å². The van der Waals surface area contributed by atoms with E-state index in [1.165, 1.54) is 12.7 Å². The molecule has 1 N–H and O–H groups in total. The van der Waals surface area contributed by atoms with Gasteiger partial charge in [-0.1, -0.05) is 0 Å². The number of nitrogens with zero attached hydrogens (tertiary/aromatic N) is 6. The van der Waals surface area contributed by atoms with Crippen molar-refractivity contribution < 1.29 is 9.21 Å². The molecule has 0 saturated carbocycles. The molecule has 9 heteroatoms. The van der Waals surface area contributed by atoms with E-state index in [2.05, 4.69) is 25.3 Å². The van der Waals surface area contributed by atoms with E-state index in [1.54, 1.807) is 6.20 Å². The highest BCUT2D eigenvalue weighted by Gasteiger charge is 2.21. The Balaban J connectivity index is 1.40. The predicted molar refractivity (Wildman–Crippen MR) is 126 cm³/mol. The lowest BCUT2D eigenvalue weighted by atomic mass is 10.1. The van der Waals surface area contributed by atoms with Crippen molar-refractivity contribution in [3.63, 3.8) is 0 Å². The summed E-state index contributed by atoms with van der Waals surface area (Å²) in [5, 5.41) is 8.54. The molecule has 4 aromatic rings. The van der Waals surface area contributed by atoms with Gasteiger partial charge < -0.3 is 14.6 Å². The molecular formula is C24H27N7O2.